The summed E-state index contributed by atoms with van der Waals surface area (Å²) < 4.78 is 5.19. The lowest BCUT2D eigenvalue weighted by atomic mass is 9.66. The minimum Gasteiger partial charge on any atom is -0.394 e. The van der Waals surface area contributed by atoms with E-state index in [1.165, 1.54) is 18.5 Å². The zero-order valence-electron chi connectivity index (χ0n) is 16.2. The molecule has 156 valence electrons. The molecule has 9 nitrogen and oxygen atoms in total. The molecule has 1 aromatic heterocycles. The largest absolute Gasteiger partial charge is 0.394 e. The predicted molar refractivity (Wildman–Crippen MR) is 106 cm³/mol. The number of aliphatic hydroxyl groups excluding tert-OH is 1. The van der Waals surface area contributed by atoms with E-state index in [1.54, 1.807) is 30.4 Å². The number of carbonyl (C=O) groups excluding carboxylic acids is 4. The van der Waals surface area contributed by atoms with Crippen LogP contribution in [0.5, 0.6) is 0 Å². The molecule has 2 aliphatic heterocycles. The number of carbonyl (C=O) groups is 4. The Morgan fingerprint density at radius 3 is 2.55 bits per heavy atom. The number of likely N-dealkylation sites (tertiary alicyclic amines) is 1. The molecule has 2 unspecified atom stereocenters. The monoisotopic (exact) mass is 419 g/mol. The lowest BCUT2D eigenvalue weighted by molar-refractivity contribution is -0.155. The number of ether oxygens (including phenoxy) is 1. The van der Waals surface area contributed by atoms with Crippen molar-refractivity contribution in [2.45, 2.75) is 0 Å². The second-order valence-corrected chi connectivity index (χ2v) is 7.38. The predicted octanol–water partition coefficient (Wildman–Crippen LogP) is 0.255. The van der Waals surface area contributed by atoms with Crippen molar-refractivity contribution in [3.63, 3.8) is 0 Å². The average Bonchev–Trinajstić information content (AvgIpc) is 2.79. The van der Waals surface area contributed by atoms with Crippen LogP contribution in [0, 0.1) is 11.8 Å². The van der Waals surface area contributed by atoms with E-state index >= 15 is 0 Å². The van der Waals surface area contributed by atoms with Crippen LogP contribution in [-0.2, 0) is 23.9 Å². The maximum atomic E-state index is 13.2. The van der Waals surface area contributed by atoms with Crippen LogP contribution in [-0.4, -0.2) is 58.6 Å². The van der Waals surface area contributed by atoms with Gasteiger partial charge >= 0.3 is 0 Å². The third-order valence-corrected chi connectivity index (χ3v) is 5.77. The number of piperidine rings is 1. The zero-order chi connectivity index (χ0) is 21.7. The number of allylic oxidation sites excluding steroid dienone is 2. The molecular formula is C22H17N3O6. The minimum atomic E-state index is -0.725. The Bertz CT molecular complexity index is 1150. The van der Waals surface area contributed by atoms with Crippen LogP contribution in [0.15, 0.2) is 71.1 Å². The highest BCUT2D eigenvalue weighted by Gasteiger charge is 2.52. The highest BCUT2D eigenvalue weighted by molar-refractivity contribution is 6.32. The summed E-state index contributed by atoms with van der Waals surface area (Å²) in [6.07, 6.45) is 9.21. The maximum Gasteiger partial charge on any atom is 0.265 e. The van der Waals surface area contributed by atoms with Crippen molar-refractivity contribution in [3.8, 4) is 0 Å². The molecule has 1 fully saturated rings. The summed E-state index contributed by atoms with van der Waals surface area (Å²) in [6, 6.07) is 3.14. The Labute approximate surface area is 176 Å². The van der Waals surface area contributed by atoms with Gasteiger partial charge in [-0.1, -0.05) is 18.2 Å². The van der Waals surface area contributed by atoms with Crippen molar-refractivity contribution in [3.05, 3.63) is 71.1 Å². The van der Waals surface area contributed by atoms with Gasteiger partial charge in [0.15, 0.2) is 0 Å². The highest BCUT2D eigenvalue weighted by atomic mass is 16.5. The van der Waals surface area contributed by atoms with Crippen molar-refractivity contribution < 1.29 is 29.0 Å². The van der Waals surface area contributed by atoms with Crippen molar-refractivity contribution >= 4 is 29.3 Å². The Balaban J connectivity index is 1.59. The first kappa shape index (κ1) is 19.3. The van der Waals surface area contributed by atoms with E-state index in [2.05, 4.69) is 4.98 Å². The maximum absolute atomic E-state index is 13.2. The first-order chi connectivity index (χ1) is 15.0. The van der Waals surface area contributed by atoms with Gasteiger partial charge in [-0.05, 0) is 23.8 Å². The second kappa shape index (κ2) is 7.22. The third kappa shape index (κ3) is 2.74. The van der Waals surface area contributed by atoms with Crippen LogP contribution < -0.4 is 4.90 Å². The Morgan fingerprint density at radius 1 is 1.03 bits per heavy atom. The van der Waals surface area contributed by atoms with E-state index in [-0.39, 0.29) is 19.9 Å². The van der Waals surface area contributed by atoms with Crippen LogP contribution in [0.4, 0.5) is 5.69 Å². The summed E-state index contributed by atoms with van der Waals surface area (Å²) in [4.78, 5) is 58.5. The fourth-order valence-corrected chi connectivity index (χ4v) is 4.42. The number of pyridine rings is 1. The summed E-state index contributed by atoms with van der Waals surface area (Å²) in [5.74, 6) is -3.43. The van der Waals surface area contributed by atoms with Crippen molar-refractivity contribution in [1.82, 2.24) is 9.88 Å². The first-order valence-corrected chi connectivity index (χ1v) is 9.72. The van der Waals surface area contributed by atoms with Gasteiger partial charge in [0, 0.05) is 35.0 Å². The SMILES string of the molecule is O=C1C2=CC=C3C(=O)N(c4ccncc4)C(=O)C4=C3C2C(C=C4)C(=O)N1COCCO. The average molecular weight is 419 g/mol. The number of amides is 4. The number of hydrogen-bond acceptors (Lipinski definition) is 7. The van der Waals surface area contributed by atoms with Gasteiger partial charge in [-0.2, -0.15) is 0 Å². The number of nitrogens with zero attached hydrogens (tertiary/aromatic N) is 3. The summed E-state index contributed by atoms with van der Waals surface area (Å²) in [6.45, 7) is -0.512. The van der Waals surface area contributed by atoms with Gasteiger partial charge in [-0.3, -0.25) is 29.1 Å². The topological polar surface area (TPSA) is 117 Å². The fraction of sp³-hybridized carbons (Fsp3) is 0.227. The summed E-state index contributed by atoms with van der Waals surface area (Å²) in [5.41, 5.74) is 1.73. The molecule has 1 aromatic rings. The number of aromatic nitrogens is 1. The van der Waals surface area contributed by atoms with Gasteiger partial charge in [-0.25, -0.2) is 4.90 Å². The van der Waals surface area contributed by atoms with Crippen LogP contribution in [0.3, 0.4) is 0 Å². The smallest absolute Gasteiger partial charge is 0.265 e. The Hall–Kier alpha value is -3.69. The lowest BCUT2D eigenvalue weighted by Gasteiger charge is -2.44. The molecule has 0 bridgehead atoms. The van der Waals surface area contributed by atoms with E-state index in [0.717, 1.165) is 9.80 Å². The van der Waals surface area contributed by atoms with Crippen molar-refractivity contribution in [2.24, 2.45) is 11.8 Å². The Kier molecular flexibility index (Phi) is 4.49. The summed E-state index contributed by atoms with van der Waals surface area (Å²) in [5, 5.41) is 8.88. The van der Waals surface area contributed by atoms with Gasteiger partial charge in [-0.15, -0.1) is 0 Å². The molecule has 4 amide bonds. The van der Waals surface area contributed by atoms with E-state index in [1.807, 2.05) is 0 Å². The molecule has 1 N–H and O–H groups in total. The van der Waals surface area contributed by atoms with Crippen LogP contribution in [0.1, 0.15) is 0 Å². The van der Waals surface area contributed by atoms with Gasteiger partial charge in [0.1, 0.15) is 6.73 Å². The molecule has 2 aliphatic carbocycles. The van der Waals surface area contributed by atoms with E-state index < -0.39 is 35.5 Å². The molecule has 0 aromatic carbocycles. The Morgan fingerprint density at radius 2 is 1.81 bits per heavy atom. The van der Waals surface area contributed by atoms with Gasteiger partial charge in [0.05, 0.1) is 24.8 Å². The fourth-order valence-electron chi connectivity index (χ4n) is 4.42. The molecular weight excluding hydrogens is 402 g/mol. The summed E-state index contributed by atoms with van der Waals surface area (Å²) >= 11 is 0. The molecule has 5 rings (SSSR count). The van der Waals surface area contributed by atoms with Crippen molar-refractivity contribution in [2.75, 3.05) is 24.8 Å². The molecule has 2 atom stereocenters. The van der Waals surface area contributed by atoms with Crippen LogP contribution in [0.25, 0.3) is 0 Å². The molecule has 3 heterocycles. The lowest BCUT2D eigenvalue weighted by Crippen LogP contribution is -2.55. The third-order valence-electron chi connectivity index (χ3n) is 5.77. The normalized spacial score (nSPS) is 24.4. The van der Waals surface area contributed by atoms with E-state index in [9.17, 15) is 19.2 Å². The summed E-state index contributed by atoms with van der Waals surface area (Å²) in [7, 11) is 0. The molecule has 4 aliphatic rings. The van der Waals surface area contributed by atoms with Gasteiger partial charge in [0.2, 0.25) is 5.91 Å². The van der Waals surface area contributed by atoms with E-state index in [0.29, 0.717) is 28.0 Å². The standard InChI is InChI=1S/C22H17N3O6/c26-9-10-31-11-24-19(27)13-1-3-15-18-16(4-2-14(17(13)18)20(24)28)22(30)25(21(15)29)12-5-7-23-8-6-12/h1-8,13,17,26H,9-11H2. The molecule has 0 spiro atoms. The highest BCUT2D eigenvalue weighted by Crippen LogP contribution is 2.48. The molecule has 9 heteroatoms. The minimum absolute atomic E-state index is 0.00671. The quantitative estimate of drug-likeness (QED) is 0.537. The van der Waals surface area contributed by atoms with Crippen LogP contribution >= 0.6 is 0 Å². The molecule has 31 heavy (non-hydrogen) atoms. The molecule has 0 radical (unpaired) electrons. The van der Waals surface area contributed by atoms with Crippen LogP contribution in [0.2, 0.25) is 0 Å². The van der Waals surface area contributed by atoms with Gasteiger partial charge in [0.25, 0.3) is 17.7 Å². The van der Waals surface area contributed by atoms with Gasteiger partial charge < -0.3 is 9.84 Å². The number of hydrogen-bond donors (Lipinski definition) is 1. The first-order valence-electron chi connectivity index (χ1n) is 9.72. The molecule has 1 saturated heterocycles. The molecule has 0 saturated carbocycles. The van der Waals surface area contributed by atoms with Crippen molar-refractivity contribution in [1.29, 1.82) is 0 Å². The van der Waals surface area contributed by atoms with E-state index in [4.69, 9.17) is 9.84 Å². The number of imide groups is 2. The number of anilines is 1. The second-order valence-electron chi connectivity index (χ2n) is 7.38. The number of rotatable bonds is 5. The zero-order valence-corrected chi connectivity index (χ0v) is 16.2. The number of aliphatic hydroxyl groups is 1.